The molecule has 0 radical (unpaired) electrons. The highest BCUT2D eigenvalue weighted by molar-refractivity contribution is 9.10. The van der Waals surface area contributed by atoms with Crippen molar-refractivity contribution in [2.45, 2.75) is 50.5 Å². The number of amides is 2. The highest BCUT2D eigenvalue weighted by Crippen LogP contribution is 2.37. The monoisotopic (exact) mass is 637 g/mol. The lowest BCUT2D eigenvalue weighted by atomic mass is 9.97. The molecule has 0 unspecified atom stereocenters. The minimum absolute atomic E-state index is 0.0163. The summed E-state index contributed by atoms with van der Waals surface area (Å²) in [6, 6.07) is 23.5. The predicted octanol–water partition coefficient (Wildman–Crippen LogP) is 5.42. The largest absolute Gasteiger partial charge is 0.338 e. The van der Waals surface area contributed by atoms with Gasteiger partial charge in [-0.05, 0) is 70.4 Å². The third-order valence-corrected chi connectivity index (χ3v) is 10.8. The fraction of sp³-hybridized carbons (Fsp3) is 0.375. The van der Waals surface area contributed by atoms with Crippen LogP contribution in [0.15, 0.2) is 82.2 Å². The van der Waals surface area contributed by atoms with Gasteiger partial charge in [0.15, 0.2) is 0 Å². The molecular weight excluding hydrogens is 602 g/mol. The van der Waals surface area contributed by atoms with E-state index in [4.69, 9.17) is 0 Å². The Balaban J connectivity index is 1.36. The summed E-state index contributed by atoms with van der Waals surface area (Å²) in [5.74, 6) is -0.464. The molecule has 2 aliphatic rings. The summed E-state index contributed by atoms with van der Waals surface area (Å²) in [6.07, 6.45) is 3.03. The maximum absolute atomic E-state index is 14.0. The van der Waals surface area contributed by atoms with Crippen molar-refractivity contribution in [3.8, 4) is 0 Å². The van der Waals surface area contributed by atoms with E-state index in [1.54, 1.807) is 11.0 Å². The molecule has 216 valence electrons. The van der Waals surface area contributed by atoms with Crippen LogP contribution in [0.3, 0.4) is 0 Å². The topological polar surface area (TPSA) is 78.0 Å². The molecule has 0 N–H and O–H groups in total. The van der Waals surface area contributed by atoms with Crippen LogP contribution in [-0.4, -0.2) is 55.6 Å². The number of nitrogens with zero attached hydrogens (tertiary/aromatic N) is 3. The van der Waals surface area contributed by atoms with Crippen LogP contribution in [0.1, 0.15) is 42.9 Å². The summed E-state index contributed by atoms with van der Waals surface area (Å²) >= 11 is 3.49. The molecule has 2 heterocycles. The Kier molecular flexibility index (Phi) is 9.26. The van der Waals surface area contributed by atoms with E-state index in [0.29, 0.717) is 62.0 Å². The average Bonchev–Trinajstić information content (AvgIpc) is 3.41. The Morgan fingerprint density at radius 2 is 1.66 bits per heavy atom. The lowest BCUT2D eigenvalue weighted by molar-refractivity contribution is -0.137. The van der Waals surface area contributed by atoms with Crippen molar-refractivity contribution in [2.75, 3.05) is 31.1 Å². The summed E-state index contributed by atoms with van der Waals surface area (Å²) in [7, 11) is -3.90. The average molecular weight is 639 g/mol. The van der Waals surface area contributed by atoms with E-state index in [1.807, 2.05) is 66.4 Å². The van der Waals surface area contributed by atoms with Gasteiger partial charge in [0.1, 0.15) is 0 Å². The fourth-order valence-corrected chi connectivity index (χ4v) is 8.37. The van der Waals surface area contributed by atoms with E-state index in [9.17, 15) is 18.0 Å². The van der Waals surface area contributed by atoms with Gasteiger partial charge in [0.25, 0.3) is 0 Å². The molecule has 1 fully saturated rings. The van der Waals surface area contributed by atoms with Gasteiger partial charge in [-0.2, -0.15) is 4.31 Å². The minimum Gasteiger partial charge on any atom is -0.338 e. The predicted molar refractivity (Wildman–Crippen MR) is 164 cm³/mol. The number of sulfonamides is 1. The number of piperidine rings is 1. The highest BCUT2D eigenvalue weighted by Gasteiger charge is 2.37. The lowest BCUT2D eigenvalue weighted by Crippen LogP contribution is -2.47. The second-order valence-electron chi connectivity index (χ2n) is 10.7. The number of hydrogen-bond acceptors (Lipinski definition) is 4. The number of fused-ring (bicyclic) bond motifs is 1. The van der Waals surface area contributed by atoms with Gasteiger partial charge in [-0.1, -0.05) is 67.6 Å². The van der Waals surface area contributed by atoms with Gasteiger partial charge < -0.3 is 9.80 Å². The van der Waals surface area contributed by atoms with Crippen molar-refractivity contribution in [1.29, 1.82) is 0 Å². The van der Waals surface area contributed by atoms with Crippen LogP contribution in [0, 0.1) is 5.92 Å². The highest BCUT2D eigenvalue weighted by atomic mass is 79.9. The van der Waals surface area contributed by atoms with E-state index >= 15 is 0 Å². The number of anilines is 1. The van der Waals surface area contributed by atoms with Crippen LogP contribution in [0.4, 0.5) is 5.69 Å². The van der Waals surface area contributed by atoms with Gasteiger partial charge in [-0.3, -0.25) is 9.59 Å². The molecule has 1 atom stereocenters. The normalized spacial score (nSPS) is 17.3. The zero-order valence-corrected chi connectivity index (χ0v) is 25.7. The zero-order valence-electron chi connectivity index (χ0n) is 23.3. The van der Waals surface area contributed by atoms with Gasteiger partial charge in [-0.15, -0.1) is 0 Å². The minimum atomic E-state index is -3.90. The first-order valence-electron chi connectivity index (χ1n) is 14.3. The molecular formula is C32H36BrN3O4S. The molecule has 2 aliphatic heterocycles. The van der Waals surface area contributed by atoms with Crippen LogP contribution in [0.5, 0.6) is 0 Å². The van der Waals surface area contributed by atoms with Crippen LogP contribution in [-0.2, 0) is 39.0 Å². The van der Waals surface area contributed by atoms with Crippen molar-refractivity contribution in [1.82, 2.24) is 9.21 Å². The first-order chi connectivity index (χ1) is 19.8. The molecule has 1 saturated heterocycles. The third-order valence-electron chi connectivity index (χ3n) is 8.02. The number of rotatable bonds is 9. The van der Waals surface area contributed by atoms with Crippen molar-refractivity contribution in [2.24, 2.45) is 5.92 Å². The van der Waals surface area contributed by atoms with E-state index < -0.39 is 15.9 Å². The third kappa shape index (κ3) is 6.58. The van der Waals surface area contributed by atoms with E-state index in [2.05, 4.69) is 28.1 Å². The number of hydrogen-bond donors (Lipinski definition) is 0. The molecule has 0 aromatic heterocycles. The second-order valence-corrected chi connectivity index (χ2v) is 13.5. The van der Waals surface area contributed by atoms with E-state index in [-0.39, 0.29) is 23.3 Å². The van der Waals surface area contributed by atoms with Crippen LogP contribution in [0.2, 0.25) is 0 Å². The smallest absolute Gasteiger partial charge is 0.244 e. The summed E-state index contributed by atoms with van der Waals surface area (Å²) in [5, 5.41) is 0. The van der Waals surface area contributed by atoms with Crippen molar-refractivity contribution in [3.05, 3.63) is 94.0 Å². The molecule has 9 heteroatoms. The zero-order chi connectivity index (χ0) is 29.0. The Morgan fingerprint density at radius 1 is 0.976 bits per heavy atom. The van der Waals surface area contributed by atoms with Gasteiger partial charge in [0, 0.05) is 49.3 Å². The SMILES string of the molecule is CCC(=O)N1CCc2cc(Br)c(S(=O)(=O)N3CCC[C@@H](C(=O)N(CCc4ccccc4)Cc4ccccc4)C3)cc21. The number of carbonyl (C=O) groups is 2. The summed E-state index contributed by atoms with van der Waals surface area (Å²) in [6.45, 7) is 3.89. The standard InChI is InChI=1S/C32H36BrN3O4S/c1-2-31(37)36-19-16-26-20-28(33)30(21-29(26)36)41(39,40)35-17-9-14-27(23-35)32(38)34(22-25-12-7-4-8-13-25)18-15-24-10-5-3-6-11-24/h3-8,10-13,20-21,27H,2,9,14-19,22-23H2,1H3/t27-/m1/s1. The molecule has 5 rings (SSSR count). The quantitative estimate of drug-likeness (QED) is 0.314. The van der Waals surface area contributed by atoms with Gasteiger partial charge in [-0.25, -0.2) is 8.42 Å². The lowest BCUT2D eigenvalue weighted by Gasteiger charge is -2.35. The molecule has 2 amide bonds. The van der Waals surface area contributed by atoms with Gasteiger partial charge in [0.2, 0.25) is 21.8 Å². The first kappa shape index (κ1) is 29.5. The summed E-state index contributed by atoms with van der Waals surface area (Å²) < 4.78 is 29.9. The Labute approximate surface area is 251 Å². The van der Waals surface area contributed by atoms with Gasteiger partial charge >= 0.3 is 0 Å². The molecule has 0 aliphatic carbocycles. The van der Waals surface area contributed by atoms with E-state index in [1.165, 1.54) is 4.31 Å². The van der Waals surface area contributed by atoms with Crippen LogP contribution in [0.25, 0.3) is 0 Å². The van der Waals surface area contributed by atoms with Crippen molar-refractivity contribution in [3.63, 3.8) is 0 Å². The number of carbonyl (C=O) groups excluding carboxylic acids is 2. The second kappa shape index (κ2) is 12.9. The molecule has 0 saturated carbocycles. The van der Waals surface area contributed by atoms with Crippen LogP contribution < -0.4 is 4.90 Å². The molecule has 7 nitrogen and oxygen atoms in total. The maximum atomic E-state index is 14.0. The number of benzene rings is 3. The van der Waals surface area contributed by atoms with E-state index in [0.717, 1.165) is 23.1 Å². The fourth-order valence-electron chi connectivity index (χ4n) is 5.77. The molecule has 3 aromatic rings. The molecule has 0 spiro atoms. The summed E-state index contributed by atoms with van der Waals surface area (Å²) in [5.41, 5.74) is 3.82. The number of halogens is 1. The van der Waals surface area contributed by atoms with Crippen molar-refractivity contribution >= 4 is 43.5 Å². The maximum Gasteiger partial charge on any atom is 0.244 e. The summed E-state index contributed by atoms with van der Waals surface area (Å²) in [4.78, 5) is 30.1. The first-order valence-corrected chi connectivity index (χ1v) is 16.5. The molecule has 3 aromatic carbocycles. The Bertz CT molecular complexity index is 1500. The Morgan fingerprint density at radius 3 is 2.34 bits per heavy atom. The van der Waals surface area contributed by atoms with Crippen molar-refractivity contribution < 1.29 is 18.0 Å². The molecule has 41 heavy (non-hydrogen) atoms. The van der Waals surface area contributed by atoms with Crippen LogP contribution >= 0.6 is 15.9 Å². The Hall–Kier alpha value is -3.01. The van der Waals surface area contributed by atoms with Gasteiger partial charge in [0.05, 0.1) is 10.8 Å². The molecule has 0 bridgehead atoms.